The van der Waals surface area contributed by atoms with E-state index in [2.05, 4.69) is 20.9 Å². The van der Waals surface area contributed by atoms with Crippen LogP contribution < -0.4 is 4.90 Å². The molecule has 1 fully saturated rings. The van der Waals surface area contributed by atoms with Crippen LogP contribution in [0.5, 0.6) is 0 Å². The molecule has 1 saturated heterocycles. The topological polar surface area (TPSA) is 53.5 Å². The van der Waals surface area contributed by atoms with Crippen molar-refractivity contribution in [2.75, 3.05) is 11.9 Å². The molecule has 6 heteroatoms. The standard InChI is InChI=1S/C15H12BrN3O2/c1-18-13(10-3-2-4-11(16)9-10)14(20)19(15(18)21)12-5-7-17-8-6-12/h2-9,13H,1H3/t13-/m1/s1. The first-order valence-electron chi connectivity index (χ1n) is 6.36. The van der Waals surface area contributed by atoms with Gasteiger partial charge in [-0.3, -0.25) is 9.78 Å². The van der Waals surface area contributed by atoms with E-state index in [1.54, 1.807) is 31.6 Å². The number of hydrogen-bond acceptors (Lipinski definition) is 3. The van der Waals surface area contributed by atoms with Gasteiger partial charge in [0.2, 0.25) is 0 Å². The first-order chi connectivity index (χ1) is 10.1. The number of urea groups is 1. The van der Waals surface area contributed by atoms with Crippen molar-refractivity contribution in [2.24, 2.45) is 0 Å². The molecule has 2 heterocycles. The Hall–Kier alpha value is -2.21. The van der Waals surface area contributed by atoms with Gasteiger partial charge in [-0.1, -0.05) is 28.1 Å². The highest BCUT2D eigenvalue weighted by Crippen LogP contribution is 2.33. The second-order valence-electron chi connectivity index (χ2n) is 4.73. The van der Waals surface area contributed by atoms with Gasteiger partial charge in [-0.15, -0.1) is 0 Å². The van der Waals surface area contributed by atoms with Crippen LogP contribution in [0.4, 0.5) is 10.5 Å². The Labute approximate surface area is 130 Å². The summed E-state index contributed by atoms with van der Waals surface area (Å²) in [5.74, 6) is -0.258. The summed E-state index contributed by atoms with van der Waals surface area (Å²) >= 11 is 3.39. The van der Waals surface area contributed by atoms with E-state index in [1.807, 2.05) is 24.3 Å². The molecule has 0 saturated carbocycles. The fourth-order valence-electron chi connectivity index (χ4n) is 2.42. The fraction of sp³-hybridized carbons (Fsp3) is 0.133. The van der Waals surface area contributed by atoms with E-state index in [0.29, 0.717) is 5.69 Å². The number of pyridine rings is 1. The number of likely N-dealkylation sites (N-methyl/N-ethyl adjacent to an activating group) is 1. The maximum atomic E-state index is 12.7. The number of anilines is 1. The van der Waals surface area contributed by atoms with E-state index in [4.69, 9.17) is 0 Å². The number of rotatable bonds is 2. The molecule has 0 radical (unpaired) electrons. The number of hydrogen-bond donors (Lipinski definition) is 0. The number of carbonyl (C=O) groups is 2. The lowest BCUT2D eigenvalue weighted by Crippen LogP contribution is -2.31. The van der Waals surface area contributed by atoms with E-state index in [9.17, 15) is 9.59 Å². The maximum Gasteiger partial charge on any atom is 0.332 e. The SMILES string of the molecule is CN1C(=O)N(c2ccncc2)C(=O)[C@H]1c1cccc(Br)c1. The molecule has 3 amide bonds. The molecule has 0 aliphatic carbocycles. The summed E-state index contributed by atoms with van der Waals surface area (Å²) in [4.78, 5) is 31.6. The number of halogens is 1. The Kier molecular flexibility index (Phi) is 3.47. The fourth-order valence-corrected chi connectivity index (χ4v) is 2.84. The van der Waals surface area contributed by atoms with Crippen LogP contribution in [0, 0.1) is 0 Å². The van der Waals surface area contributed by atoms with Crippen molar-refractivity contribution in [3.8, 4) is 0 Å². The summed E-state index contributed by atoms with van der Waals surface area (Å²) in [6.07, 6.45) is 3.12. The van der Waals surface area contributed by atoms with Crippen molar-refractivity contribution < 1.29 is 9.59 Å². The van der Waals surface area contributed by atoms with Crippen LogP contribution in [-0.4, -0.2) is 28.9 Å². The maximum absolute atomic E-state index is 12.7. The molecule has 0 spiro atoms. The number of imide groups is 1. The molecule has 0 unspecified atom stereocenters. The highest BCUT2D eigenvalue weighted by atomic mass is 79.9. The minimum absolute atomic E-state index is 0.258. The van der Waals surface area contributed by atoms with E-state index in [-0.39, 0.29) is 11.9 Å². The number of benzene rings is 1. The van der Waals surface area contributed by atoms with Gasteiger partial charge >= 0.3 is 6.03 Å². The molecular weight excluding hydrogens is 334 g/mol. The molecule has 1 atom stereocenters. The normalized spacial score (nSPS) is 18.5. The van der Waals surface area contributed by atoms with Crippen LogP contribution in [0.1, 0.15) is 11.6 Å². The van der Waals surface area contributed by atoms with Gasteiger partial charge in [0.15, 0.2) is 0 Å². The third kappa shape index (κ3) is 2.31. The van der Waals surface area contributed by atoms with Gasteiger partial charge in [0.1, 0.15) is 6.04 Å². The second-order valence-corrected chi connectivity index (χ2v) is 5.65. The van der Waals surface area contributed by atoms with Gasteiger partial charge in [-0.2, -0.15) is 0 Å². The van der Waals surface area contributed by atoms with Gasteiger partial charge < -0.3 is 4.90 Å². The minimum Gasteiger partial charge on any atom is -0.311 e. The predicted molar refractivity (Wildman–Crippen MR) is 81.8 cm³/mol. The average molecular weight is 346 g/mol. The average Bonchev–Trinajstić information content (AvgIpc) is 2.70. The quantitative estimate of drug-likeness (QED) is 0.786. The Balaban J connectivity index is 2.02. The number of nitrogens with zero attached hydrogens (tertiary/aromatic N) is 3. The highest BCUT2D eigenvalue weighted by Gasteiger charge is 2.44. The van der Waals surface area contributed by atoms with Crippen molar-refractivity contribution in [1.82, 2.24) is 9.88 Å². The zero-order valence-electron chi connectivity index (χ0n) is 11.2. The molecule has 0 N–H and O–H groups in total. The van der Waals surface area contributed by atoms with Crippen LogP contribution in [-0.2, 0) is 4.79 Å². The summed E-state index contributed by atoms with van der Waals surface area (Å²) in [5, 5.41) is 0. The summed E-state index contributed by atoms with van der Waals surface area (Å²) in [6, 6.07) is 9.76. The lowest BCUT2D eigenvalue weighted by atomic mass is 10.1. The molecule has 0 bridgehead atoms. The molecule has 1 aliphatic heterocycles. The summed E-state index contributed by atoms with van der Waals surface area (Å²) in [7, 11) is 1.63. The van der Waals surface area contributed by atoms with Gasteiger partial charge in [0.05, 0.1) is 5.69 Å². The minimum atomic E-state index is -0.608. The van der Waals surface area contributed by atoms with E-state index in [1.165, 1.54) is 9.80 Å². The van der Waals surface area contributed by atoms with E-state index < -0.39 is 6.04 Å². The van der Waals surface area contributed by atoms with Crippen LogP contribution in [0.15, 0.2) is 53.3 Å². The Morgan fingerprint density at radius 2 is 1.86 bits per heavy atom. The van der Waals surface area contributed by atoms with Gasteiger partial charge in [0, 0.05) is 23.9 Å². The van der Waals surface area contributed by atoms with Crippen LogP contribution in [0.2, 0.25) is 0 Å². The van der Waals surface area contributed by atoms with E-state index >= 15 is 0 Å². The monoisotopic (exact) mass is 345 g/mol. The summed E-state index contributed by atoms with van der Waals surface area (Å²) in [5.41, 5.74) is 1.31. The highest BCUT2D eigenvalue weighted by molar-refractivity contribution is 9.10. The molecule has 1 aromatic carbocycles. The first-order valence-corrected chi connectivity index (χ1v) is 7.15. The smallest absolute Gasteiger partial charge is 0.311 e. The zero-order valence-corrected chi connectivity index (χ0v) is 12.8. The molecule has 21 heavy (non-hydrogen) atoms. The van der Waals surface area contributed by atoms with Gasteiger partial charge in [-0.05, 0) is 29.8 Å². The third-order valence-electron chi connectivity index (χ3n) is 3.42. The summed E-state index contributed by atoms with van der Waals surface area (Å²) < 4.78 is 0.871. The second kappa shape index (κ2) is 5.29. The van der Waals surface area contributed by atoms with Crippen molar-refractivity contribution >= 4 is 33.6 Å². The predicted octanol–water partition coefficient (Wildman–Crippen LogP) is 2.98. The van der Waals surface area contributed by atoms with Gasteiger partial charge in [0.25, 0.3) is 5.91 Å². The Morgan fingerprint density at radius 3 is 2.52 bits per heavy atom. The van der Waals surface area contributed by atoms with Crippen molar-refractivity contribution in [3.63, 3.8) is 0 Å². The van der Waals surface area contributed by atoms with Crippen molar-refractivity contribution in [3.05, 3.63) is 58.8 Å². The van der Waals surface area contributed by atoms with Crippen molar-refractivity contribution in [1.29, 1.82) is 0 Å². The van der Waals surface area contributed by atoms with Gasteiger partial charge in [-0.25, -0.2) is 9.69 Å². The lowest BCUT2D eigenvalue weighted by molar-refractivity contribution is -0.119. The molecule has 1 aromatic heterocycles. The molecular formula is C15H12BrN3O2. The molecule has 5 nitrogen and oxygen atoms in total. The van der Waals surface area contributed by atoms with Crippen LogP contribution >= 0.6 is 15.9 Å². The van der Waals surface area contributed by atoms with Crippen molar-refractivity contribution in [2.45, 2.75) is 6.04 Å². The number of aromatic nitrogens is 1. The van der Waals surface area contributed by atoms with Crippen LogP contribution in [0.3, 0.4) is 0 Å². The molecule has 3 rings (SSSR count). The molecule has 106 valence electrons. The lowest BCUT2D eigenvalue weighted by Gasteiger charge is -2.16. The molecule has 1 aliphatic rings. The van der Waals surface area contributed by atoms with E-state index in [0.717, 1.165) is 10.0 Å². The molecule has 2 aromatic rings. The largest absolute Gasteiger partial charge is 0.332 e. The van der Waals surface area contributed by atoms with Crippen LogP contribution in [0.25, 0.3) is 0 Å². The Bertz CT molecular complexity index is 705. The first kappa shape index (κ1) is 13.8. The zero-order chi connectivity index (χ0) is 15.0. The Morgan fingerprint density at radius 1 is 1.14 bits per heavy atom. The third-order valence-corrected chi connectivity index (χ3v) is 3.91. The summed E-state index contributed by atoms with van der Waals surface area (Å²) in [6.45, 7) is 0. The number of amides is 3. The number of carbonyl (C=O) groups excluding carboxylic acids is 2.